The van der Waals surface area contributed by atoms with Gasteiger partial charge in [0.15, 0.2) is 0 Å². The number of benzene rings is 1. The molecule has 1 fully saturated rings. The molecule has 1 aliphatic heterocycles. The van der Waals surface area contributed by atoms with Gasteiger partial charge in [-0.15, -0.1) is 0 Å². The number of nitrogens with one attached hydrogen (secondary N) is 1. The Kier molecular flexibility index (Phi) is 3.33. The highest BCUT2D eigenvalue weighted by Crippen LogP contribution is 2.14. The Morgan fingerprint density at radius 3 is 2.88 bits per heavy atom. The summed E-state index contributed by atoms with van der Waals surface area (Å²) in [4.78, 5) is 14.3. The number of nitrogens with zero attached hydrogens (tertiary/aromatic N) is 1. The minimum Gasteiger partial charge on any atom is -0.399 e. The van der Waals surface area contributed by atoms with Crippen LogP contribution >= 0.6 is 0 Å². The Bertz CT molecular complexity index is 431. The molecule has 0 aliphatic carbocycles. The molecule has 1 atom stereocenters. The summed E-state index contributed by atoms with van der Waals surface area (Å²) in [5.41, 5.74) is 8.01. The monoisotopic (exact) mass is 233 g/mol. The standard InChI is InChI=1S/C13H19N3O/c1-9-7-10(14)3-4-12(9)13(17)15-11-5-6-16(2)8-11/h3-4,7,11H,5-6,8,14H2,1-2H3,(H,15,17). The van der Waals surface area contributed by atoms with Crippen LogP contribution in [0, 0.1) is 6.92 Å². The van der Waals surface area contributed by atoms with Gasteiger partial charge in [-0.05, 0) is 50.7 Å². The number of anilines is 1. The third-order valence-electron chi connectivity index (χ3n) is 3.22. The van der Waals surface area contributed by atoms with Gasteiger partial charge in [0, 0.05) is 23.8 Å². The summed E-state index contributed by atoms with van der Waals surface area (Å²) in [7, 11) is 2.07. The van der Waals surface area contributed by atoms with Gasteiger partial charge in [-0.2, -0.15) is 0 Å². The maximum atomic E-state index is 12.1. The van der Waals surface area contributed by atoms with Crippen molar-refractivity contribution < 1.29 is 4.79 Å². The van der Waals surface area contributed by atoms with E-state index in [0.29, 0.717) is 11.3 Å². The van der Waals surface area contributed by atoms with Crippen molar-refractivity contribution in [2.45, 2.75) is 19.4 Å². The molecular formula is C13H19N3O. The molecule has 0 radical (unpaired) electrons. The van der Waals surface area contributed by atoms with Gasteiger partial charge in [-0.25, -0.2) is 0 Å². The average Bonchev–Trinajstić information content (AvgIpc) is 2.63. The number of nitrogen functional groups attached to an aromatic ring is 1. The molecule has 4 nitrogen and oxygen atoms in total. The zero-order chi connectivity index (χ0) is 12.4. The van der Waals surface area contributed by atoms with Crippen molar-refractivity contribution in [1.29, 1.82) is 0 Å². The number of likely N-dealkylation sites (N-methyl/N-ethyl adjacent to an activating group) is 1. The maximum absolute atomic E-state index is 12.1. The molecule has 0 saturated carbocycles. The van der Waals surface area contributed by atoms with E-state index < -0.39 is 0 Å². The quantitative estimate of drug-likeness (QED) is 0.750. The molecule has 1 aromatic carbocycles. The molecule has 1 aliphatic rings. The minimum atomic E-state index is 0.00259. The van der Waals surface area contributed by atoms with Crippen LogP contribution in [0.25, 0.3) is 0 Å². The predicted molar refractivity (Wildman–Crippen MR) is 69.0 cm³/mol. The zero-order valence-electron chi connectivity index (χ0n) is 10.4. The largest absolute Gasteiger partial charge is 0.399 e. The van der Waals surface area contributed by atoms with E-state index in [1.54, 1.807) is 12.1 Å². The Hall–Kier alpha value is -1.55. The summed E-state index contributed by atoms with van der Waals surface area (Å²) < 4.78 is 0. The Morgan fingerprint density at radius 2 is 2.29 bits per heavy atom. The molecule has 3 N–H and O–H groups in total. The van der Waals surface area contributed by atoms with Crippen molar-refractivity contribution >= 4 is 11.6 Å². The topological polar surface area (TPSA) is 58.4 Å². The molecule has 92 valence electrons. The lowest BCUT2D eigenvalue weighted by Gasteiger charge is -2.14. The van der Waals surface area contributed by atoms with Crippen LogP contribution in [0.4, 0.5) is 5.69 Å². The first-order valence-electron chi connectivity index (χ1n) is 5.92. The van der Waals surface area contributed by atoms with Gasteiger partial charge in [0.05, 0.1) is 0 Å². The van der Waals surface area contributed by atoms with Gasteiger partial charge in [-0.3, -0.25) is 4.79 Å². The molecule has 1 aromatic rings. The molecule has 1 amide bonds. The number of amides is 1. The van der Waals surface area contributed by atoms with E-state index in [9.17, 15) is 4.79 Å². The second kappa shape index (κ2) is 4.75. The molecule has 1 heterocycles. The fraction of sp³-hybridized carbons (Fsp3) is 0.462. The molecule has 4 heteroatoms. The molecule has 0 spiro atoms. The highest BCUT2D eigenvalue weighted by Gasteiger charge is 2.21. The second-order valence-electron chi connectivity index (χ2n) is 4.80. The van der Waals surface area contributed by atoms with Crippen LogP contribution in [0.2, 0.25) is 0 Å². The van der Waals surface area contributed by atoms with Crippen molar-refractivity contribution in [2.24, 2.45) is 0 Å². The maximum Gasteiger partial charge on any atom is 0.251 e. The van der Waals surface area contributed by atoms with Crippen molar-refractivity contribution in [3.05, 3.63) is 29.3 Å². The summed E-state index contributed by atoms with van der Waals surface area (Å²) in [6.07, 6.45) is 1.02. The van der Waals surface area contributed by atoms with Crippen molar-refractivity contribution in [3.8, 4) is 0 Å². The number of carbonyl (C=O) groups is 1. The van der Waals surface area contributed by atoms with Crippen LogP contribution in [-0.2, 0) is 0 Å². The van der Waals surface area contributed by atoms with Crippen LogP contribution in [0.1, 0.15) is 22.3 Å². The Balaban J connectivity index is 2.04. The highest BCUT2D eigenvalue weighted by molar-refractivity contribution is 5.96. The molecular weight excluding hydrogens is 214 g/mol. The molecule has 1 saturated heterocycles. The van der Waals surface area contributed by atoms with Crippen molar-refractivity contribution in [1.82, 2.24) is 10.2 Å². The van der Waals surface area contributed by atoms with E-state index in [-0.39, 0.29) is 11.9 Å². The molecule has 0 bridgehead atoms. The van der Waals surface area contributed by atoms with E-state index >= 15 is 0 Å². The first-order chi connectivity index (χ1) is 8.06. The first kappa shape index (κ1) is 11.9. The minimum absolute atomic E-state index is 0.00259. The SMILES string of the molecule is Cc1cc(N)ccc1C(=O)NC1CCN(C)C1. The summed E-state index contributed by atoms with van der Waals surface area (Å²) in [5, 5.41) is 3.06. The number of likely N-dealkylation sites (tertiary alicyclic amines) is 1. The molecule has 0 aromatic heterocycles. The normalized spacial score (nSPS) is 20.5. The van der Waals surface area contributed by atoms with Crippen LogP contribution in [0.5, 0.6) is 0 Å². The van der Waals surface area contributed by atoms with Gasteiger partial charge < -0.3 is 16.0 Å². The van der Waals surface area contributed by atoms with E-state index in [1.165, 1.54) is 0 Å². The third kappa shape index (κ3) is 2.77. The van der Waals surface area contributed by atoms with Crippen LogP contribution in [0.15, 0.2) is 18.2 Å². The summed E-state index contributed by atoms with van der Waals surface area (Å²) in [6, 6.07) is 5.65. The van der Waals surface area contributed by atoms with E-state index in [2.05, 4.69) is 17.3 Å². The van der Waals surface area contributed by atoms with E-state index in [0.717, 1.165) is 25.1 Å². The van der Waals surface area contributed by atoms with Gasteiger partial charge in [0.25, 0.3) is 5.91 Å². The Labute approximate surface area is 102 Å². The lowest BCUT2D eigenvalue weighted by atomic mass is 10.1. The average molecular weight is 233 g/mol. The fourth-order valence-electron chi connectivity index (χ4n) is 2.26. The molecule has 17 heavy (non-hydrogen) atoms. The lowest BCUT2D eigenvalue weighted by Crippen LogP contribution is -2.36. The number of nitrogens with two attached hydrogens (primary N) is 1. The van der Waals surface area contributed by atoms with Gasteiger partial charge in [0.2, 0.25) is 0 Å². The van der Waals surface area contributed by atoms with Crippen LogP contribution < -0.4 is 11.1 Å². The Morgan fingerprint density at radius 1 is 1.53 bits per heavy atom. The third-order valence-corrected chi connectivity index (χ3v) is 3.22. The number of hydrogen-bond acceptors (Lipinski definition) is 3. The predicted octanol–water partition coefficient (Wildman–Crippen LogP) is 1.01. The smallest absolute Gasteiger partial charge is 0.251 e. The van der Waals surface area contributed by atoms with Gasteiger partial charge in [0.1, 0.15) is 0 Å². The summed E-state index contributed by atoms with van der Waals surface area (Å²) in [6.45, 7) is 3.89. The number of carbonyl (C=O) groups excluding carboxylic acids is 1. The first-order valence-corrected chi connectivity index (χ1v) is 5.92. The van der Waals surface area contributed by atoms with E-state index in [4.69, 9.17) is 5.73 Å². The van der Waals surface area contributed by atoms with Crippen LogP contribution in [0.3, 0.4) is 0 Å². The molecule has 2 rings (SSSR count). The summed E-state index contributed by atoms with van der Waals surface area (Å²) >= 11 is 0. The number of hydrogen-bond donors (Lipinski definition) is 2. The lowest BCUT2D eigenvalue weighted by molar-refractivity contribution is 0.0938. The van der Waals surface area contributed by atoms with Gasteiger partial charge >= 0.3 is 0 Å². The fourth-order valence-corrected chi connectivity index (χ4v) is 2.26. The molecule has 1 unspecified atom stereocenters. The second-order valence-corrected chi connectivity index (χ2v) is 4.80. The number of aryl methyl sites for hydroxylation is 1. The van der Waals surface area contributed by atoms with E-state index in [1.807, 2.05) is 13.0 Å². The highest BCUT2D eigenvalue weighted by atomic mass is 16.1. The van der Waals surface area contributed by atoms with Crippen molar-refractivity contribution in [2.75, 3.05) is 25.9 Å². The van der Waals surface area contributed by atoms with Crippen LogP contribution in [-0.4, -0.2) is 37.0 Å². The van der Waals surface area contributed by atoms with Crippen molar-refractivity contribution in [3.63, 3.8) is 0 Å². The number of rotatable bonds is 2. The van der Waals surface area contributed by atoms with Gasteiger partial charge in [-0.1, -0.05) is 0 Å². The summed E-state index contributed by atoms with van der Waals surface area (Å²) in [5.74, 6) is 0.00259. The zero-order valence-corrected chi connectivity index (χ0v) is 10.4.